The molecule has 0 bridgehead atoms. The van der Waals surface area contributed by atoms with Crippen LogP contribution >= 0.6 is 0 Å². The molecule has 0 amide bonds. The Morgan fingerprint density at radius 2 is 1.10 bits per heavy atom. The summed E-state index contributed by atoms with van der Waals surface area (Å²) in [5.41, 5.74) is 13.6. The van der Waals surface area contributed by atoms with E-state index in [1.54, 1.807) is 0 Å². The summed E-state index contributed by atoms with van der Waals surface area (Å²) in [6.45, 7) is 0.329. The topological polar surface area (TPSA) is 247 Å². The van der Waals surface area contributed by atoms with E-state index in [1.165, 1.54) is 0 Å². The van der Waals surface area contributed by atoms with Gasteiger partial charge in [-0.1, -0.05) is 0 Å². The molecular weight excluding hydrogens is 400 g/mol. The van der Waals surface area contributed by atoms with Crippen molar-refractivity contribution in [1.29, 1.82) is 0 Å². The fourth-order valence-electron chi connectivity index (χ4n) is 3.47. The van der Waals surface area contributed by atoms with Crippen LogP contribution in [0.5, 0.6) is 0 Å². The molecule has 1 fully saturated rings. The van der Waals surface area contributed by atoms with E-state index in [2.05, 4.69) is 0 Å². The van der Waals surface area contributed by atoms with E-state index in [1.807, 2.05) is 0 Å². The van der Waals surface area contributed by atoms with Gasteiger partial charge in [-0.05, 0) is 51.6 Å². The van der Waals surface area contributed by atoms with E-state index in [4.69, 9.17) is 22.9 Å². The molecule has 12 heteroatoms. The molecule has 1 saturated carbocycles. The SMILES string of the molecule is NCCCCC(N)(C(=O)O)C(=O)C1(C(=O)C(N)(CCCCN)C(=O)O)C(=O)CC1=O. The van der Waals surface area contributed by atoms with E-state index in [0.29, 0.717) is 0 Å². The molecular formula is C18H28N4O8. The minimum Gasteiger partial charge on any atom is -0.480 e. The lowest BCUT2D eigenvalue weighted by Gasteiger charge is -2.43. The Balaban J connectivity index is 3.52. The van der Waals surface area contributed by atoms with Crippen molar-refractivity contribution >= 4 is 35.1 Å². The third kappa shape index (κ3) is 4.03. The Kier molecular flexibility index (Phi) is 8.09. The average Bonchev–Trinajstić information content (AvgIpc) is 2.67. The molecule has 0 aromatic rings. The van der Waals surface area contributed by atoms with Gasteiger partial charge in [-0.3, -0.25) is 19.2 Å². The molecule has 12 nitrogen and oxygen atoms in total. The number of carbonyl (C=O) groups excluding carboxylic acids is 4. The maximum absolute atomic E-state index is 13.2. The van der Waals surface area contributed by atoms with Crippen molar-refractivity contribution in [2.45, 2.75) is 56.0 Å². The number of carbonyl (C=O) groups is 6. The zero-order valence-electron chi connectivity index (χ0n) is 16.5. The van der Waals surface area contributed by atoms with E-state index in [-0.39, 0.29) is 38.8 Å². The van der Waals surface area contributed by atoms with Gasteiger partial charge in [0.2, 0.25) is 5.41 Å². The van der Waals surface area contributed by atoms with Crippen LogP contribution in [-0.2, 0) is 28.8 Å². The number of hydrogen-bond acceptors (Lipinski definition) is 10. The van der Waals surface area contributed by atoms with Crippen LogP contribution in [0.3, 0.4) is 0 Å². The lowest BCUT2D eigenvalue weighted by Crippen LogP contribution is -2.76. The molecule has 168 valence electrons. The number of ketones is 4. The first kappa shape index (κ1) is 25.5. The summed E-state index contributed by atoms with van der Waals surface area (Å²) in [5.74, 6) is -9.48. The zero-order valence-corrected chi connectivity index (χ0v) is 16.5. The first-order chi connectivity index (χ1) is 13.9. The van der Waals surface area contributed by atoms with Crippen molar-refractivity contribution in [3.8, 4) is 0 Å². The number of hydrogen-bond donors (Lipinski definition) is 6. The molecule has 0 radical (unpaired) electrons. The van der Waals surface area contributed by atoms with Gasteiger partial charge in [0.25, 0.3) is 0 Å². The fourth-order valence-corrected chi connectivity index (χ4v) is 3.47. The molecule has 0 aliphatic heterocycles. The average molecular weight is 428 g/mol. The smallest absolute Gasteiger partial charge is 0.331 e. The normalized spacial score (nSPS) is 19.3. The number of Topliss-reactive ketones (excluding diaryl/α,β-unsaturated/α-hetero) is 4. The van der Waals surface area contributed by atoms with Gasteiger partial charge in [0.05, 0.1) is 6.42 Å². The van der Waals surface area contributed by atoms with Gasteiger partial charge in [0.15, 0.2) is 34.2 Å². The Morgan fingerprint density at radius 1 is 0.767 bits per heavy atom. The second-order valence-electron chi connectivity index (χ2n) is 7.48. The van der Waals surface area contributed by atoms with Gasteiger partial charge in [-0.2, -0.15) is 0 Å². The van der Waals surface area contributed by atoms with Crippen molar-refractivity contribution in [2.75, 3.05) is 13.1 Å². The van der Waals surface area contributed by atoms with Crippen LogP contribution in [0.15, 0.2) is 0 Å². The van der Waals surface area contributed by atoms with Gasteiger partial charge in [-0.15, -0.1) is 0 Å². The first-order valence-corrected chi connectivity index (χ1v) is 9.48. The number of nitrogens with two attached hydrogens (primary N) is 4. The summed E-state index contributed by atoms with van der Waals surface area (Å²) in [6.07, 6.45) is -1.15. The third-order valence-electron chi connectivity index (χ3n) is 5.46. The highest BCUT2D eigenvalue weighted by atomic mass is 16.4. The summed E-state index contributed by atoms with van der Waals surface area (Å²) in [7, 11) is 0. The van der Waals surface area contributed by atoms with Crippen LogP contribution < -0.4 is 22.9 Å². The fraction of sp³-hybridized carbons (Fsp3) is 0.667. The monoisotopic (exact) mass is 428 g/mol. The molecule has 1 aliphatic carbocycles. The van der Waals surface area contributed by atoms with Crippen LogP contribution in [0.2, 0.25) is 0 Å². The van der Waals surface area contributed by atoms with Gasteiger partial charge in [0.1, 0.15) is 0 Å². The van der Waals surface area contributed by atoms with Crippen molar-refractivity contribution in [1.82, 2.24) is 0 Å². The molecule has 30 heavy (non-hydrogen) atoms. The van der Waals surface area contributed by atoms with E-state index < -0.39 is 70.8 Å². The van der Waals surface area contributed by atoms with Crippen molar-refractivity contribution < 1.29 is 39.0 Å². The highest BCUT2D eigenvalue weighted by molar-refractivity contribution is 6.52. The Hall–Kier alpha value is -2.54. The molecule has 0 saturated heterocycles. The summed E-state index contributed by atoms with van der Waals surface area (Å²) >= 11 is 0. The Morgan fingerprint density at radius 3 is 1.33 bits per heavy atom. The van der Waals surface area contributed by atoms with Crippen molar-refractivity contribution in [3.63, 3.8) is 0 Å². The summed E-state index contributed by atoms with van der Waals surface area (Å²) < 4.78 is 0. The van der Waals surface area contributed by atoms with Crippen molar-refractivity contribution in [2.24, 2.45) is 28.3 Å². The zero-order chi connectivity index (χ0) is 23.3. The van der Waals surface area contributed by atoms with Gasteiger partial charge < -0.3 is 33.1 Å². The molecule has 1 aliphatic rings. The number of carboxylic acids is 2. The molecule has 10 N–H and O–H groups in total. The summed E-state index contributed by atoms with van der Waals surface area (Å²) in [5, 5.41) is 19.1. The summed E-state index contributed by atoms with van der Waals surface area (Å²) in [6, 6.07) is 0. The number of rotatable bonds is 14. The van der Waals surface area contributed by atoms with E-state index in [0.717, 1.165) is 0 Å². The van der Waals surface area contributed by atoms with Crippen LogP contribution in [0.4, 0.5) is 0 Å². The molecule has 0 heterocycles. The largest absolute Gasteiger partial charge is 0.480 e. The second-order valence-corrected chi connectivity index (χ2v) is 7.48. The maximum Gasteiger partial charge on any atom is 0.331 e. The molecule has 0 aromatic carbocycles. The minimum atomic E-state index is -3.15. The lowest BCUT2D eigenvalue weighted by atomic mass is 9.53. The molecule has 2 unspecified atom stereocenters. The lowest BCUT2D eigenvalue weighted by molar-refractivity contribution is -0.169. The number of aliphatic carboxylic acids is 2. The highest BCUT2D eigenvalue weighted by Gasteiger charge is 2.73. The van der Waals surface area contributed by atoms with E-state index in [9.17, 15) is 39.0 Å². The predicted octanol–water partition coefficient (Wildman–Crippen LogP) is -2.52. The summed E-state index contributed by atoms with van der Waals surface area (Å²) in [4.78, 5) is 74.9. The molecule has 0 aromatic heterocycles. The van der Waals surface area contributed by atoms with Gasteiger partial charge in [-0.25, -0.2) is 9.59 Å². The number of carboxylic acid groups (broad SMARTS) is 2. The number of unbranched alkanes of at least 4 members (excludes halogenated alkanes) is 2. The van der Waals surface area contributed by atoms with Crippen molar-refractivity contribution in [3.05, 3.63) is 0 Å². The quantitative estimate of drug-likeness (QED) is 0.124. The second kappa shape index (κ2) is 9.51. The highest BCUT2D eigenvalue weighted by Crippen LogP contribution is 2.43. The first-order valence-electron chi connectivity index (χ1n) is 9.48. The van der Waals surface area contributed by atoms with E-state index >= 15 is 0 Å². The Labute approximate surface area is 172 Å². The van der Waals surface area contributed by atoms with Crippen LogP contribution in [-0.4, -0.2) is 69.5 Å². The third-order valence-corrected chi connectivity index (χ3v) is 5.46. The molecule has 2 atom stereocenters. The van der Waals surface area contributed by atoms with Crippen LogP contribution in [0.1, 0.15) is 44.9 Å². The van der Waals surface area contributed by atoms with Crippen LogP contribution in [0, 0.1) is 5.41 Å². The minimum absolute atomic E-state index is 0.0564. The molecule has 0 spiro atoms. The standard InChI is InChI=1S/C18H28N4O8/c19-7-3-1-5-16(21,14(27)28)12(25)18(10(23)9-11(18)24)13(26)17(22,15(29)30)6-2-4-8-20/h1-9,19-22H2,(H,27,28)(H,29,30). The van der Waals surface area contributed by atoms with Gasteiger partial charge in [0, 0.05) is 0 Å². The Bertz CT molecular complexity index is 705. The maximum atomic E-state index is 13.2. The van der Waals surface area contributed by atoms with Crippen LogP contribution in [0.25, 0.3) is 0 Å². The predicted molar refractivity (Wildman–Crippen MR) is 102 cm³/mol. The van der Waals surface area contributed by atoms with Gasteiger partial charge >= 0.3 is 11.9 Å². The molecule has 1 rings (SSSR count).